The van der Waals surface area contributed by atoms with Crippen LogP contribution in [0, 0.1) is 0 Å². The van der Waals surface area contributed by atoms with Crippen LogP contribution in [0.5, 0.6) is 17.2 Å². The molecule has 2 aromatic carbocycles. The van der Waals surface area contributed by atoms with Gasteiger partial charge in [0.25, 0.3) is 5.91 Å². The van der Waals surface area contributed by atoms with Gasteiger partial charge in [-0.3, -0.25) is 9.89 Å². The zero-order chi connectivity index (χ0) is 20.1. The van der Waals surface area contributed by atoms with Crippen LogP contribution in [-0.4, -0.2) is 37.4 Å². The molecule has 0 saturated carbocycles. The van der Waals surface area contributed by atoms with Crippen LogP contribution >= 0.6 is 11.6 Å². The van der Waals surface area contributed by atoms with E-state index in [2.05, 4.69) is 15.5 Å². The maximum absolute atomic E-state index is 12.4. The number of aromatic nitrogens is 2. The van der Waals surface area contributed by atoms with Gasteiger partial charge in [0.15, 0.2) is 11.5 Å². The molecule has 0 atom stereocenters. The molecule has 3 aromatic rings. The fourth-order valence-corrected chi connectivity index (χ4v) is 2.82. The number of ether oxygens (including phenoxy) is 3. The Bertz CT molecular complexity index is 945. The van der Waals surface area contributed by atoms with Gasteiger partial charge in [0.05, 0.1) is 27.0 Å². The molecule has 3 rings (SSSR count). The number of aromatic amines is 1. The van der Waals surface area contributed by atoms with Crippen LogP contribution in [0.4, 0.5) is 0 Å². The summed E-state index contributed by atoms with van der Waals surface area (Å²) in [6, 6.07) is 12.5. The summed E-state index contributed by atoms with van der Waals surface area (Å²) in [5.41, 5.74) is 2.60. The number of carbonyl (C=O) groups is 1. The summed E-state index contributed by atoms with van der Waals surface area (Å²) in [5, 5.41) is 10.5. The normalized spacial score (nSPS) is 10.4. The quantitative estimate of drug-likeness (QED) is 0.630. The van der Waals surface area contributed by atoms with E-state index in [0.717, 1.165) is 11.1 Å². The first-order valence-corrected chi connectivity index (χ1v) is 8.82. The number of methoxy groups -OCH3 is 3. The average molecular weight is 402 g/mol. The van der Waals surface area contributed by atoms with Crippen LogP contribution in [0.1, 0.15) is 16.1 Å². The second kappa shape index (κ2) is 8.67. The molecule has 0 unspecified atom stereocenters. The second-order valence-electron chi connectivity index (χ2n) is 5.89. The molecule has 0 aliphatic carbocycles. The molecule has 0 aliphatic heterocycles. The molecular formula is C20H20ClN3O4. The molecule has 7 nitrogen and oxygen atoms in total. The van der Waals surface area contributed by atoms with Crippen molar-refractivity contribution in [2.24, 2.45) is 0 Å². The molecule has 28 heavy (non-hydrogen) atoms. The molecule has 1 aromatic heterocycles. The minimum Gasteiger partial charge on any atom is -0.493 e. The van der Waals surface area contributed by atoms with Gasteiger partial charge >= 0.3 is 0 Å². The standard InChI is InChI=1S/C20H20ClN3O4/c1-26-17-8-13(9-18(27-2)19(17)28-3)15-10-16(24-23-15)20(25)22-11-12-4-6-14(21)7-5-12/h4-10H,11H2,1-3H3,(H,22,25)(H,23,24). The number of nitrogens with zero attached hydrogens (tertiary/aromatic N) is 1. The third kappa shape index (κ3) is 4.20. The van der Waals surface area contributed by atoms with Crippen molar-refractivity contribution < 1.29 is 19.0 Å². The summed E-state index contributed by atoms with van der Waals surface area (Å²) >= 11 is 5.87. The lowest BCUT2D eigenvalue weighted by Crippen LogP contribution is -2.23. The molecule has 0 spiro atoms. The van der Waals surface area contributed by atoms with Crippen molar-refractivity contribution in [3.63, 3.8) is 0 Å². The van der Waals surface area contributed by atoms with Crippen LogP contribution in [0.3, 0.4) is 0 Å². The van der Waals surface area contributed by atoms with E-state index in [1.54, 1.807) is 44.6 Å². The smallest absolute Gasteiger partial charge is 0.269 e. The third-order valence-electron chi connectivity index (χ3n) is 4.15. The molecule has 0 fully saturated rings. The number of rotatable bonds is 7. The SMILES string of the molecule is COc1cc(-c2cc(C(=O)NCc3ccc(Cl)cc3)[nH]n2)cc(OC)c1OC. The van der Waals surface area contributed by atoms with Gasteiger partial charge in [-0.25, -0.2) is 0 Å². The van der Waals surface area contributed by atoms with Crippen molar-refractivity contribution in [1.82, 2.24) is 15.5 Å². The van der Waals surface area contributed by atoms with Gasteiger partial charge in [0, 0.05) is 17.1 Å². The predicted molar refractivity (Wildman–Crippen MR) is 106 cm³/mol. The van der Waals surface area contributed by atoms with E-state index in [9.17, 15) is 4.79 Å². The summed E-state index contributed by atoms with van der Waals surface area (Å²) in [5.74, 6) is 1.24. The van der Waals surface area contributed by atoms with Crippen molar-refractivity contribution >= 4 is 17.5 Å². The minimum absolute atomic E-state index is 0.263. The molecule has 0 radical (unpaired) electrons. The predicted octanol–water partition coefficient (Wildman–Crippen LogP) is 3.69. The van der Waals surface area contributed by atoms with Gasteiger partial charge in [0.2, 0.25) is 5.75 Å². The van der Waals surface area contributed by atoms with Gasteiger partial charge in [-0.2, -0.15) is 5.10 Å². The molecule has 146 valence electrons. The van der Waals surface area contributed by atoms with Crippen molar-refractivity contribution in [3.05, 3.63) is 58.7 Å². The van der Waals surface area contributed by atoms with E-state index in [-0.39, 0.29) is 5.91 Å². The number of amides is 1. The number of hydrogen-bond acceptors (Lipinski definition) is 5. The molecule has 0 saturated heterocycles. The summed E-state index contributed by atoms with van der Waals surface area (Å²) < 4.78 is 16.0. The Labute approximate surface area is 167 Å². The Morgan fingerprint density at radius 2 is 1.68 bits per heavy atom. The van der Waals surface area contributed by atoms with Gasteiger partial charge in [-0.1, -0.05) is 23.7 Å². The fraction of sp³-hybridized carbons (Fsp3) is 0.200. The highest BCUT2D eigenvalue weighted by molar-refractivity contribution is 6.30. The number of H-pyrrole nitrogens is 1. The van der Waals surface area contributed by atoms with Crippen molar-refractivity contribution in [2.45, 2.75) is 6.54 Å². The highest BCUT2D eigenvalue weighted by atomic mass is 35.5. The van der Waals surface area contributed by atoms with Crippen molar-refractivity contribution in [3.8, 4) is 28.5 Å². The maximum Gasteiger partial charge on any atom is 0.269 e. The average Bonchev–Trinajstić information content (AvgIpc) is 3.22. The Hall–Kier alpha value is -3.19. The fourth-order valence-electron chi connectivity index (χ4n) is 2.69. The Balaban J connectivity index is 1.77. The lowest BCUT2D eigenvalue weighted by atomic mass is 10.1. The second-order valence-corrected chi connectivity index (χ2v) is 6.33. The Kier molecular flexibility index (Phi) is 6.06. The number of halogens is 1. The van der Waals surface area contributed by atoms with E-state index < -0.39 is 0 Å². The molecule has 1 heterocycles. The first kappa shape index (κ1) is 19.6. The van der Waals surface area contributed by atoms with Gasteiger partial charge < -0.3 is 19.5 Å². The summed E-state index contributed by atoms with van der Waals surface area (Å²) in [4.78, 5) is 12.4. The lowest BCUT2D eigenvalue weighted by Gasteiger charge is -2.13. The minimum atomic E-state index is -0.263. The Morgan fingerprint density at radius 3 is 2.25 bits per heavy atom. The molecular weight excluding hydrogens is 382 g/mol. The van der Waals surface area contributed by atoms with Crippen molar-refractivity contribution in [2.75, 3.05) is 21.3 Å². The maximum atomic E-state index is 12.4. The van der Waals surface area contributed by atoms with Gasteiger partial charge in [0.1, 0.15) is 5.69 Å². The van der Waals surface area contributed by atoms with Gasteiger partial charge in [-0.05, 0) is 35.9 Å². The van der Waals surface area contributed by atoms with E-state index in [4.69, 9.17) is 25.8 Å². The number of nitrogens with one attached hydrogen (secondary N) is 2. The summed E-state index contributed by atoms with van der Waals surface area (Å²) in [6.07, 6.45) is 0. The van der Waals surface area contributed by atoms with Crippen LogP contribution < -0.4 is 19.5 Å². The van der Waals surface area contributed by atoms with E-state index in [0.29, 0.717) is 40.2 Å². The van der Waals surface area contributed by atoms with E-state index in [1.165, 1.54) is 7.11 Å². The van der Waals surface area contributed by atoms with E-state index >= 15 is 0 Å². The monoisotopic (exact) mass is 401 g/mol. The highest BCUT2D eigenvalue weighted by Gasteiger charge is 2.17. The molecule has 8 heteroatoms. The van der Waals surface area contributed by atoms with Crippen LogP contribution in [0.2, 0.25) is 5.02 Å². The molecule has 2 N–H and O–H groups in total. The summed E-state index contributed by atoms with van der Waals surface area (Å²) in [7, 11) is 4.63. The highest BCUT2D eigenvalue weighted by Crippen LogP contribution is 2.40. The first-order chi connectivity index (χ1) is 13.5. The number of benzene rings is 2. The zero-order valence-electron chi connectivity index (χ0n) is 15.7. The Morgan fingerprint density at radius 1 is 1.04 bits per heavy atom. The lowest BCUT2D eigenvalue weighted by molar-refractivity contribution is 0.0946. The number of carbonyl (C=O) groups excluding carboxylic acids is 1. The van der Waals surface area contributed by atoms with E-state index in [1.807, 2.05) is 12.1 Å². The molecule has 1 amide bonds. The molecule has 0 aliphatic rings. The van der Waals surface area contributed by atoms with Crippen LogP contribution in [0.25, 0.3) is 11.3 Å². The summed E-state index contributed by atoms with van der Waals surface area (Å²) in [6.45, 7) is 0.383. The van der Waals surface area contributed by atoms with Crippen molar-refractivity contribution in [1.29, 1.82) is 0 Å². The first-order valence-electron chi connectivity index (χ1n) is 8.44. The third-order valence-corrected chi connectivity index (χ3v) is 4.40. The topological polar surface area (TPSA) is 85.5 Å². The van der Waals surface area contributed by atoms with Gasteiger partial charge in [-0.15, -0.1) is 0 Å². The zero-order valence-corrected chi connectivity index (χ0v) is 16.5. The largest absolute Gasteiger partial charge is 0.493 e. The van der Waals surface area contributed by atoms with Crippen LogP contribution in [0.15, 0.2) is 42.5 Å². The number of hydrogen-bond donors (Lipinski definition) is 2. The molecule has 0 bridgehead atoms. The van der Waals surface area contributed by atoms with Crippen LogP contribution in [-0.2, 0) is 6.54 Å².